The van der Waals surface area contributed by atoms with Gasteiger partial charge >= 0.3 is 0 Å². The van der Waals surface area contributed by atoms with Crippen molar-refractivity contribution >= 4 is 11.6 Å². The average molecular weight is 313 g/mol. The molecule has 0 amide bonds. The minimum atomic E-state index is 0.473. The van der Waals surface area contributed by atoms with Gasteiger partial charge < -0.3 is 9.30 Å². The van der Waals surface area contributed by atoms with Crippen LogP contribution in [0.2, 0.25) is 0 Å². The van der Waals surface area contributed by atoms with Gasteiger partial charge in [-0.05, 0) is 36.8 Å². The number of ether oxygens (including phenoxy) is 1. The van der Waals surface area contributed by atoms with E-state index in [0.29, 0.717) is 5.88 Å². The number of alkyl halides is 1. The molecule has 2 aromatic carbocycles. The standard InChI is InChI=1S/C18H17ClN2O/c1-14-18(11-19)21(13-20-14)12-15-7-9-17(10-8-15)22-16-5-3-2-4-6-16/h2-10,13H,11-12H2,1H3. The molecule has 0 fully saturated rings. The van der Waals surface area contributed by atoms with E-state index in [1.54, 1.807) is 0 Å². The zero-order valence-electron chi connectivity index (χ0n) is 12.4. The minimum absolute atomic E-state index is 0.473. The van der Waals surface area contributed by atoms with Crippen LogP contribution in [0.5, 0.6) is 11.5 Å². The lowest BCUT2D eigenvalue weighted by Crippen LogP contribution is -2.02. The summed E-state index contributed by atoms with van der Waals surface area (Å²) in [7, 11) is 0. The topological polar surface area (TPSA) is 27.1 Å². The molecule has 0 aliphatic carbocycles. The van der Waals surface area contributed by atoms with Crippen molar-refractivity contribution in [2.75, 3.05) is 0 Å². The molecule has 0 unspecified atom stereocenters. The van der Waals surface area contributed by atoms with Crippen molar-refractivity contribution in [3.05, 3.63) is 77.9 Å². The molecule has 0 spiro atoms. The van der Waals surface area contributed by atoms with Crippen LogP contribution >= 0.6 is 11.6 Å². The monoisotopic (exact) mass is 312 g/mol. The second-order valence-electron chi connectivity index (χ2n) is 5.10. The molecule has 0 aliphatic heterocycles. The first-order chi connectivity index (χ1) is 10.8. The molecule has 0 bridgehead atoms. The van der Waals surface area contributed by atoms with Crippen molar-refractivity contribution in [2.24, 2.45) is 0 Å². The van der Waals surface area contributed by atoms with Crippen molar-refractivity contribution in [1.29, 1.82) is 0 Å². The van der Waals surface area contributed by atoms with Crippen molar-refractivity contribution < 1.29 is 4.74 Å². The van der Waals surface area contributed by atoms with Gasteiger partial charge in [-0.2, -0.15) is 0 Å². The maximum absolute atomic E-state index is 5.98. The fourth-order valence-corrected chi connectivity index (χ4v) is 2.65. The van der Waals surface area contributed by atoms with Gasteiger partial charge in [-0.25, -0.2) is 4.98 Å². The Balaban J connectivity index is 1.71. The molecule has 22 heavy (non-hydrogen) atoms. The summed E-state index contributed by atoms with van der Waals surface area (Å²) in [5, 5.41) is 0. The van der Waals surface area contributed by atoms with Gasteiger partial charge in [0, 0.05) is 6.54 Å². The first-order valence-electron chi connectivity index (χ1n) is 7.14. The Morgan fingerprint density at radius 3 is 2.36 bits per heavy atom. The Hall–Kier alpha value is -2.26. The van der Waals surface area contributed by atoms with Gasteiger partial charge in [0.15, 0.2) is 0 Å². The third kappa shape index (κ3) is 3.31. The molecule has 0 atom stereocenters. The van der Waals surface area contributed by atoms with Crippen LogP contribution in [-0.2, 0) is 12.4 Å². The molecule has 0 radical (unpaired) electrons. The molecule has 3 aromatic rings. The predicted molar refractivity (Wildman–Crippen MR) is 88.6 cm³/mol. The zero-order valence-corrected chi connectivity index (χ0v) is 13.1. The zero-order chi connectivity index (χ0) is 15.4. The molecule has 3 nitrogen and oxygen atoms in total. The van der Waals surface area contributed by atoms with Crippen LogP contribution in [0.1, 0.15) is 17.0 Å². The van der Waals surface area contributed by atoms with E-state index in [1.165, 1.54) is 5.56 Å². The van der Waals surface area contributed by atoms with Crippen molar-refractivity contribution in [3.63, 3.8) is 0 Å². The van der Waals surface area contributed by atoms with Crippen molar-refractivity contribution in [3.8, 4) is 11.5 Å². The van der Waals surface area contributed by atoms with Gasteiger partial charge in [0.1, 0.15) is 11.5 Å². The molecule has 0 aliphatic rings. The van der Waals surface area contributed by atoms with Crippen molar-refractivity contribution in [2.45, 2.75) is 19.3 Å². The molecular weight excluding hydrogens is 296 g/mol. The number of nitrogens with zero attached hydrogens (tertiary/aromatic N) is 2. The van der Waals surface area contributed by atoms with E-state index in [1.807, 2.05) is 55.7 Å². The summed E-state index contributed by atoms with van der Waals surface area (Å²) in [6, 6.07) is 17.8. The fraction of sp³-hybridized carbons (Fsp3) is 0.167. The van der Waals surface area contributed by atoms with E-state index in [9.17, 15) is 0 Å². The lowest BCUT2D eigenvalue weighted by atomic mass is 10.2. The number of aromatic nitrogens is 2. The molecule has 3 rings (SSSR count). The van der Waals surface area contributed by atoms with Crippen LogP contribution in [0, 0.1) is 6.92 Å². The molecule has 0 saturated heterocycles. The minimum Gasteiger partial charge on any atom is -0.457 e. The first kappa shape index (κ1) is 14.7. The lowest BCUT2D eigenvalue weighted by Gasteiger charge is -2.09. The summed E-state index contributed by atoms with van der Waals surface area (Å²) in [6.07, 6.45) is 1.83. The number of halogens is 1. The van der Waals surface area contributed by atoms with E-state index in [4.69, 9.17) is 16.3 Å². The summed E-state index contributed by atoms with van der Waals surface area (Å²) in [5.41, 5.74) is 3.23. The second-order valence-corrected chi connectivity index (χ2v) is 5.36. The van der Waals surface area contributed by atoms with Gasteiger partial charge in [-0.15, -0.1) is 11.6 Å². The Morgan fingerprint density at radius 2 is 1.68 bits per heavy atom. The molecule has 112 valence electrons. The number of rotatable bonds is 5. The highest BCUT2D eigenvalue weighted by atomic mass is 35.5. The van der Waals surface area contributed by atoms with E-state index in [2.05, 4.69) is 21.7 Å². The number of benzene rings is 2. The van der Waals surface area contributed by atoms with Crippen LogP contribution in [0.4, 0.5) is 0 Å². The summed E-state index contributed by atoms with van der Waals surface area (Å²) < 4.78 is 7.87. The predicted octanol–water partition coefficient (Wildman–Crippen LogP) is 4.77. The summed E-state index contributed by atoms with van der Waals surface area (Å²) in [4.78, 5) is 4.31. The number of imidazole rings is 1. The maximum atomic E-state index is 5.98. The molecule has 1 aromatic heterocycles. The van der Waals surface area contributed by atoms with Crippen LogP contribution < -0.4 is 4.74 Å². The highest BCUT2D eigenvalue weighted by Crippen LogP contribution is 2.21. The number of hydrogen-bond donors (Lipinski definition) is 0. The molecule has 0 N–H and O–H groups in total. The quantitative estimate of drug-likeness (QED) is 0.634. The van der Waals surface area contributed by atoms with Crippen LogP contribution in [0.25, 0.3) is 0 Å². The van der Waals surface area contributed by atoms with E-state index < -0.39 is 0 Å². The molecular formula is C18H17ClN2O. The second kappa shape index (κ2) is 6.67. The number of aryl methyl sites for hydroxylation is 1. The number of hydrogen-bond acceptors (Lipinski definition) is 2. The highest BCUT2D eigenvalue weighted by Gasteiger charge is 2.06. The molecule has 4 heteroatoms. The Morgan fingerprint density at radius 1 is 1.00 bits per heavy atom. The van der Waals surface area contributed by atoms with E-state index in [-0.39, 0.29) is 0 Å². The van der Waals surface area contributed by atoms with Crippen LogP contribution in [-0.4, -0.2) is 9.55 Å². The summed E-state index contributed by atoms with van der Waals surface area (Å²) >= 11 is 5.98. The van der Waals surface area contributed by atoms with Crippen LogP contribution in [0.3, 0.4) is 0 Å². The van der Waals surface area contributed by atoms with Gasteiger partial charge in [0.05, 0.1) is 23.6 Å². The molecule has 0 saturated carbocycles. The largest absolute Gasteiger partial charge is 0.457 e. The Kier molecular flexibility index (Phi) is 4.45. The summed E-state index contributed by atoms with van der Waals surface area (Å²) in [6.45, 7) is 2.74. The first-order valence-corrected chi connectivity index (χ1v) is 7.68. The van der Waals surface area contributed by atoms with Crippen LogP contribution in [0.15, 0.2) is 60.9 Å². The normalized spacial score (nSPS) is 10.6. The molecule has 1 heterocycles. The van der Waals surface area contributed by atoms with E-state index in [0.717, 1.165) is 29.4 Å². The summed E-state index contributed by atoms with van der Waals surface area (Å²) in [5.74, 6) is 2.14. The lowest BCUT2D eigenvalue weighted by molar-refractivity contribution is 0.482. The highest BCUT2D eigenvalue weighted by molar-refractivity contribution is 6.17. The van der Waals surface area contributed by atoms with E-state index >= 15 is 0 Å². The smallest absolute Gasteiger partial charge is 0.127 e. The van der Waals surface area contributed by atoms with Crippen molar-refractivity contribution in [1.82, 2.24) is 9.55 Å². The average Bonchev–Trinajstić information content (AvgIpc) is 2.90. The maximum Gasteiger partial charge on any atom is 0.127 e. The van der Waals surface area contributed by atoms with Gasteiger partial charge in [-0.3, -0.25) is 0 Å². The Bertz CT molecular complexity index is 736. The van der Waals surface area contributed by atoms with Gasteiger partial charge in [0.25, 0.3) is 0 Å². The third-order valence-electron chi connectivity index (χ3n) is 3.54. The fourth-order valence-electron chi connectivity index (χ4n) is 2.30. The third-order valence-corrected chi connectivity index (χ3v) is 3.79. The SMILES string of the molecule is Cc1ncn(Cc2ccc(Oc3ccccc3)cc2)c1CCl. The van der Waals surface area contributed by atoms with Gasteiger partial charge in [0.2, 0.25) is 0 Å². The van der Waals surface area contributed by atoms with Gasteiger partial charge in [-0.1, -0.05) is 30.3 Å². The number of para-hydroxylation sites is 1. The Labute approximate surface area is 135 Å².